The summed E-state index contributed by atoms with van der Waals surface area (Å²) in [4.78, 5) is 74.0. The number of amides is 1. The number of hydrogen-bond acceptors (Lipinski definition) is 12. The van der Waals surface area contributed by atoms with E-state index in [1.165, 1.54) is 13.8 Å². The molecule has 21 nitrogen and oxygen atoms in total. The first-order valence-corrected chi connectivity index (χ1v) is 21.2. The summed E-state index contributed by atoms with van der Waals surface area (Å²) in [5.74, 6) is -1.75. The first kappa shape index (κ1) is 47.4. The van der Waals surface area contributed by atoms with Crippen LogP contribution in [0, 0.1) is 5.92 Å². The molecule has 0 heterocycles. The van der Waals surface area contributed by atoms with Gasteiger partial charge in [0.1, 0.15) is 0 Å². The number of carbonyl (C=O) groups is 2. The normalized spacial score (nSPS) is 16.2. The van der Waals surface area contributed by atoms with Crippen molar-refractivity contribution < 1.29 is 91.8 Å². The predicted molar refractivity (Wildman–Crippen MR) is 154 cm³/mol. The molecule has 0 aliphatic carbocycles. The molecule has 0 saturated carbocycles. The SMILES string of the molecule is C=CC(=O)CCCP(=O)(O)OP(=O)(O)O.C=CS(=O)(=O)O.CCC(CC(C)C(=O)NCCP(=O)(O)OP(=O)(O)O)S(=O)(=O)O. The monoisotopic (exact) mass is 763 g/mol. The van der Waals surface area contributed by atoms with Crippen LogP contribution in [-0.2, 0) is 56.7 Å². The van der Waals surface area contributed by atoms with Gasteiger partial charge in [-0.05, 0) is 25.3 Å². The van der Waals surface area contributed by atoms with Crippen LogP contribution in [0.4, 0.5) is 0 Å². The fourth-order valence-electron chi connectivity index (χ4n) is 2.46. The molecule has 0 radical (unpaired) electrons. The summed E-state index contributed by atoms with van der Waals surface area (Å²) in [7, 11) is -27.2. The Kier molecular flexibility index (Phi) is 21.9. The van der Waals surface area contributed by atoms with Crippen molar-refractivity contribution in [2.75, 3.05) is 18.9 Å². The Labute approximate surface area is 253 Å². The van der Waals surface area contributed by atoms with Gasteiger partial charge in [-0.1, -0.05) is 27.0 Å². The van der Waals surface area contributed by atoms with Gasteiger partial charge in [0.05, 0.1) is 23.0 Å². The second-order valence-electron chi connectivity index (χ2n) is 8.30. The van der Waals surface area contributed by atoms with E-state index in [0.29, 0.717) is 5.41 Å². The number of ketones is 1. The molecule has 4 unspecified atom stereocenters. The van der Waals surface area contributed by atoms with Crippen LogP contribution in [0.2, 0.25) is 0 Å². The summed E-state index contributed by atoms with van der Waals surface area (Å²) in [6.07, 6.45) is -0.206. The van der Waals surface area contributed by atoms with Crippen molar-refractivity contribution in [3.8, 4) is 0 Å². The fourth-order valence-corrected chi connectivity index (χ4v) is 7.68. The quantitative estimate of drug-likeness (QED) is 0.0532. The molecule has 9 N–H and O–H groups in total. The highest BCUT2D eigenvalue weighted by atomic mass is 32.2. The third kappa shape index (κ3) is 31.0. The lowest BCUT2D eigenvalue weighted by Crippen LogP contribution is -2.34. The van der Waals surface area contributed by atoms with Gasteiger partial charge in [0.25, 0.3) is 20.2 Å². The Morgan fingerprint density at radius 3 is 1.59 bits per heavy atom. The zero-order valence-corrected chi connectivity index (χ0v) is 28.5. The number of rotatable bonds is 18. The molecule has 262 valence electrons. The van der Waals surface area contributed by atoms with Gasteiger partial charge in [0, 0.05) is 18.9 Å². The molecule has 0 rings (SSSR count). The van der Waals surface area contributed by atoms with Gasteiger partial charge in [-0.25, -0.2) is 17.8 Å². The predicted octanol–water partition coefficient (Wildman–Crippen LogP) is 0.924. The highest BCUT2D eigenvalue weighted by Crippen LogP contribution is 2.57. The largest absolute Gasteiger partial charge is 0.476 e. The molecule has 27 heteroatoms. The zero-order chi connectivity index (χ0) is 35.8. The van der Waals surface area contributed by atoms with E-state index in [0.717, 1.165) is 6.08 Å². The molecule has 0 bridgehead atoms. The minimum absolute atomic E-state index is 0.00136. The van der Waals surface area contributed by atoms with E-state index in [4.69, 9.17) is 38.5 Å². The summed E-state index contributed by atoms with van der Waals surface area (Å²) >= 11 is 0. The molecular weight excluding hydrogens is 726 g/mol. The van der Waals surface area contributed by atoms with E-state index in [-0.39, 0.29) is 31.5 Å². The molecule has 0 aliphatic heterocycles. The van der Waals surface area contributed by atoms with Crippen molar-refractivity contribution in [3.63, 3.8) is 0 Å². The first-order chi connectivity index (χ1) is 19.4. The van der Waals surface area contributed by atoms with Crippen LogP contribution in [0.5, 0.6) is 0 Å². The molecule has 0 fully saturated rings. The first-order valence-electron chi connectivity index (χ1n) is 11.6. The van der Waals surface area contributed by atoms with Crippen LogP contribution in [0.15, 0.2) is 24.6 Å². The number of carbonyl (C=O) groups excluding carboxylic acids is 2. The van der Waals surface area contributed by atoms with Crippen LogP contribution in [0.1, 0.15) is 39.5 Å². The van der Waals surface area contributed by atoms with Crippen molar-refractivity contribution in [1.29, 1.82) is 0 Å². The molecular formula is C17H37NO20P4S2. The third-order valence-corrected chi connectivity index (χ3v) is 11.6. The Balaban J connectivity index is -0.000000681. The van der Waals surface area contributed by atoms with Gasteiger partial charge < -0.3 is 34.7 Å². The molecule has 44 heavy (non-hydrogen) atoms. The summed E-state index contributed by atoms with van der Waals surface area (Å²) in [5.41, 5.74) is 0. The Hall–Kier alpha value is -0.960. The summed E-state index contributed by atoms with van der Waals surface area (Å²) in [5, 5.41) is 1.58. The van der Waals surface area contributed by atoms with E-state index in [9.17, 15) is 44.7 Å². The number of phosphoric acid groups is 2. The van der Waals surface area contributed by atoms with Crippen molar-refractivity contribution in [1.82, 2.24) is 5.32 Å². The molecule has 0 saturated heterocycles. The van der Waals surface area contributed by atoms with E-state index < -0.39 is 87.0 Å². The van der Waals surface area contributed by atoms with Gasteiger partial charge >= 0.3 is 30.8 Å². The van der Waals surface area contributed by atoms with Gasteiger partial charge in [0.15, 0.2) is 5.78 Å². The topological polar surface area (TPSA) is 363 Å². The second-order valence-corrected chi connectivity index (χ2v) is 18.1. The molecule has 0 spiro atoms. The minimum atomic E-state index is -5.13. The van der Waals surface area contributed by atoms with Gasteiger partial charge in [-0.15, -0.1) is 0 Å². The van der Waals surface area contributed by atoms with Gasteiger partial charge in [0.2, 0.25) is 5.91 Å². The average Bonchev–Trinajstić information content (AvgIpc) is 2.78. The van der Waals surface area contributed by atoms with Crippen molar-refractivity contribution in [2.24, 2.45) is 5.92 Å². The van der Waals surface area contributed by atoms with Crippen molar-refractivity contribution in [2.45, 2.75) is 44.8 Å². The van der Waals surface area contributed by atoms with E-state index >= 15 is 0 Å². The highest BCUT2D eigenvalue weighted by molar-refractivity contribution is 7.88. The summed E-state index contributed by atoms with van der Waals surface area (Å²) < 4.78 is 108. The maximum atomic E-state index is 11.7. The second kappa shape index (κ2) is 20.3. The van der Waals surface area contributed by atoms with Crippen LogP contribution in [0.3, 0.4) is 0 Å². The number of allylic oxidation sites excluding steroid dienone is 1. The van der Waals surface area contributed by atoms with Crippen LogP contribution >= 0.6 is 30.8 Å². The molecule has 1 amide bonds. The van der Waals surface area contributed by atoms with E-state index in [2.05, 4.69) is 27.1 Å². The average molecular weight is 764 g/mol. The van der Waals surface area contributed by atoms with Crippen molar-refractivity contribution in [3.05, 3.63) is 24.6 Å². The van der Waals surface area contributed by atoms with Gasteiger partial charge in [-0.2, -0.15) is 16.8 Å². The molecule has 0 aliphatic rings. The molecule has 0 aromatic carbocycles. The number of nitrogens with one attached hydrogen (secondary N) is 1. The van der Waals surface area contributed by atoms with E-state index in [1.807, 2.05) is 0 Å². The maximum absolute atomic E-state index is 11.7. The smallest absolute Gasteiger partial charge is 0.355 e. The molecule has 0 aromatic heterocycles. The van der Waals surface area contributed by atoms with Crippen LogP contribution < -0.4 is 5.32 Å². The number of hydrogen-bond donors (Lipinski definition) is 9. The Bertz CT molecular complexity index is 1360. The zero-order valence-electron chi connectivity index (χ0n) is 23.3. The maximum Gasteiger partial charge on any atom is 0.476 e. The minimum Gasteiger partial charge on any atom is -0.355 e. The lowest BCUT2D eigenvalue weighted by atomic mass is 10.0. The molecule has 4 atom stereocenters. The highest BCUT2D eigenvalue weighted by Gasteiger charge is 2.32. The fraction of sp³-hybridized carbons (Fsp3) is 0.647. The lowest BCUT2D eigenvalue weighted by Gasteiger charge is -2.18. The van der Waals surface area contributed by atoms with Crippen LogP contribution in [-0.4, -0.2) is 91.1 Å². The van der Waals surface area contributed by atoms with Crippen molar-refractivity contribution >= 4 is 62.8 Å². The molecule has 0 aromatic rings. The lowest BCUT2D eigenvalue weighted by molar-refractivity contribution is -0.124. The third-order valence-electron chi connectivity index (χ3n) is 4.40. The Morgan fingerprint density at radius 1 is 0.864 bits per heavy atom. The standard InChI is InChI=1S/C9H21NO10P2S.C6H12O7P2.C2H4O3S/c1-3-8(23(17,18)19)6-7(2)9(11)10-4-5-21(12,13)20-22(14,15)16;1-2-6(7)4-3-5-14(8,9)13-15(10,11)12;1-2-6(3,4)5/h7-8H,3-6H2,1-2H3,(H,10,11)(H,12,13)(H2,14,15,16)(H,17,18,19);2H,1,3-5H2,(H,8,9)(H2,10,11,12);2H,1H2,(H,3,4,5). The van der Waals surface area contributed by atoms with Crippen LogP contribution in [0.25, 0.3) is 0 Å². The summed E-state index contributed by atoms with van der Waals surface area (Å²) in [6, 6.07) is 0. The van der Waals surface area contributed by atoms with E-state index in [1.54, 1.807) is 0 Å². The van der Waals surface area contributed by atoms with Gasteiger partial charge in [-0.3, -0.25) is 27.8 Å². The summed E-state index contributed by atoms with van der Waals surface area (Å²) in [6.45, 7) is 8.53. The Morgan fingerprint density at radius 2 is 1.27 bits per heavy atom.